The number of methoxy groups -OCH3 is 1. The number of thiazole rings is 1. The van der Waals surface area contributed by atoms with Gasteiger partial charge in [0.2, 0.25) is 0 Å². The Bertz CT molecular complexity index is 988. The van der Waals surface area contributed by atoms with Crippen LogP contribution in [0.2, 0.25) is 0 Å². The van der Waals surface area contributed by atoms with Gasteiger partial charge in [0.25, 0.3) is 5.89 Å². The number of aromatic nitrogens is 3. The van der Waals surface area contributed by atoms with Crippen molar-refractivity contribution in [3.8, 4) is 11.5 Å². The van der Waals surface area contributed by atoms with Gasteiger partial charge in [0.1, 0.15) is 11.1 Å². The molecule has 2 aromatic heterocycles. The van der Waals surface area contributed by atoms with E-state index in [-0.39, 0.29) is 30.1 Å². The summed E-state index contributed by atoms with van der Waals surface area (Å²) in [5, 5.41) is 10.4. The van der Waals surface area contributed by atoms with Crippen LogP contribution in [0.4, 0.5) is 0 Å². The minimum atomic E-state index is 0. The number of hydrogen-bond donors (Lipinski definition) is 1. The summed E-state index contributed by atoms with van der Waals surface area (Å²) in [6.45, 7) is 5.47. The molecule has 0 amide bonds. The van der Waals surface area contributed by atoms with Crippen LogP contribution in [0, 0.1) is 0 Å². The number of hydrogen-bond acceptors (Lipinski definition) is 7. The molecule has 8 nitrogen and oxygen atoms in total. The Balaban J connectivity index is 0.00000363. The highest BCUT2D eigenvalue weighted by atomic mass is 127. The van der Waals surface area contributed by atoms with E-state index in [2.05, 4.69) is 47.8 Å². The van der Waals surface area contributed by atoms with Crippen LogP contribution in [0.1, 0.15) is 42.0 Å². The van der Waals surface area contributed by atoms with Gasteiger partial charge >= 0.3 is 0 Å². The van der Waals surface area contributed by atoms with E-state index in [0.717, 1.165) is 47.4 Å². The van der Waals surface area contributed by atoms with Crippen molar-refractivity contribution in [2.45, 2.75) is 39.3 Å². The minimum absolute atomic E-state index is 0. The van der Waals surface area contributed by atoms with Crippen LogP contribution in [-0.4, -0.2) is 53.7 Å². The molecule has 0 spiro atoms. The predicted octanol–water partition coefficient (Wildman–Crippen LogP) is 4.33. The quantitative estimate of drug-likeness (QED) is 0.233. The number of benzene rings is 1. The van der Waals surface area contributed by atoms with Gasteiger partial charge in [0.05, 0.1) is 12.2 Å². The zero-order valence-electron chi connectivity index (χ0n) is 19.2. The fourth-order valence-electron chi connectivity index (χ4n) is 3.03. The molecule has 0 radical (unpaired) electrons. The van der Waals surface area contributed by atoms with E-state index in [9.17, 15) is 0 Å². The molecular formula is C22H31IN6O2S. The highest BCUT2D eigenvalue weighted by Crippen LogP contribution is 2.21. The number of rotatable bonds is 9. The highest BCUT2D eigenvalue weighted by molar-refractivity contribution is 14.0. The van der Waals surface area contributed by atoms with Crippen molar-refractivity contribution in [3.63, 3.8) is 0 Å². The molecule has 0 fully saturated rings. The van der Waals surface area contributed by atoms with Crippen molar-refractivity contribution in [1.29, 1.82) is 0 Å². The molecule has 1 unspecified atom stereocenters. The molecule has 0 aliphatic heterocycles. The fourth-order valence-corrected chi connectivity index (χ4v) is 3.87. The summed E-state index contributed by atoms with van der Waals surface area (Å²) in [6, 6.07) is 8.22. The third kappa shape index (κ3) is 6.97. The number of aliphatic imine (C=N–C) groups is 1. The molecule has 1 atom stereocenters. The van der Waals surface area contributed by atoms with Gasteiger partial charge in [-0.25, -0.2) is 4.98 Å². The summed E-state index contributed by atoms with van der Waals surface area (Å²) in [5.41, 5.74) is 3.17. The van der Waals surface area contributed by atoms with Crippen molar-refractivity contribution in [2.24, 2.45) is 4.99 Å². The summed E-state index contributed by atoms with van der Waals surface area (Å²) in [5.74, 6) is 2.12. The monoisotopic (exact) mass is 570 g/mol. The maximum Gasteiger partial charge on any atom is 0.257 e. The lowest BCUT2D eigenvalue weighted by atomic mass is 10.1. The molecule has 0 aliphatic rings. The van der Waals surface area contributed by atoms with E-state index in [1.807, 2.05) is 33.0 Å². The molecular weight excluding hydrogens is 539 g/mol. The maximum absolute atomic E-state index is 5.34. The number of nitrogens with one attached hydrogen (secondary N) is 1. The summed E-state index contributed by atoms with van der Waals surface area (Å²) < 4.78 is 10.6. The normalized spacial score (nSPS) is 12.3. The van der Waals surface area contributed by atoms with Crippen LogP contribution in [0.5, 0.6) is 0 Å². The molecule has 2 heterocycles. The first-order valence-electron chi connectivity index (χ1n) is 10.3. The lowest BCUT2D eigenvalue weighted by molar-refractivity contribution is 0.119. The van der Waals surface area contributed by atoms with Gasteiger partial charge in [-0.1, -0.05) is 24.2 Å². The lowest BCUT2D eigenvalue weighted by Crippen LogP contribution is -2.39. The topological polar surface area (TPSA) is 88.7 Å². The van der Waals surface area contributed by atoms with Gasteiger partial charge < -0.3 is 19.5 Å². The van der Waals surface area contributed by atoms with Crippen LogP contribution in [0.25, 0.3) is 11.5 Å². The molecule has 10 heteroatoms. The number of aryl methyl sites for hydroxylation is 1. The van der Waals surface area contributed by atoms with Crippen LogP contribution in [-0.2, 0) is 24.1 Å². The average Bonchev–Trinajstić information content (AvgIpc) is 3.46. The molecule has 32 heavy (non-hydrogen) atoms. The largest absolute Gasteiger partial charge is 0.375 e. The zero-order valence-corrected chi connectivity index (χ0v) is 22.3. The first-order chi connectivity index (χ1) is 15.0. The first kappa shape index (κ1) is 26.2. The van der Waals surface area contributed by atoms with Crippen molar-refractivity contribution in [1.82, 2.24) is 25.3 Å². The molecule has 3 aromatic rings. The summed E-state index contributed by atoms with van der Waals surface area (Å²) in [7, 11) is 5.50. The molecule has 3 rings (SSSR count). The van der Waals surface area contributed by atoms with Crippen LogP contribution in [0.3, 0.4) is 0 Å². The van der Waals surface area contributed by atoms with Crippen LogP contribution >= 0.6 is 35.3 Å². The van der Waals surface area contributed by atoms with E-state index >= 15 is 0 Å². The Morgan fingerprint density at radius 3 is 2.66 bits per heavy atom. The van der Waals surface area contributed by atoms with E-state index in [1.54, 1.807) is 25.5 Å². The first-order valence-corrected chi connectivity index (χ1v) is 11.2. The summed E-state index contributed by atoms with van der Waals surface area (Å²) >= 11 is 1.62. The molecule has 1 N–H and O–H groups in total. The Hall–Kier alpha value is -2.05. The van der Waals surface area contributed by atoms with Crippen molar-refractivity contribution < 1.29 is 9.26 Å². The Morgan fingerprint density at radius 2 is 2.03 bits per heavy atom. The van der Waals surface area contributed by atoms with Crippen LogP contribution < -0.4 is 5.32 Å². The van der Waals surface area contributed by atoms with Gasteiger partial charge in [0, 0.05) is 45.1 Å². The van der Waals surface area contributed by atoms with Gasteiger partial charge in [-0.05, 0) is 31.0 Å². The van der Waals surface area contributed by atoms with Gasteiger partial charge in [-0.3, -0.25) is 4.99 Å². The van der Waals surface area contributed by atoms with E-state index < -0.39 is 0 Å². The molecule has 1 aromatic carbocycles. The zero-order chi connectivity index (χ0) is 22.2. The van der Waals surface area contributed by atoms with Gasteiger partial charge in [-0.15, -0.1) is 35.3 Å². The lowest BCUT2D eigenvalue weighted by Gasteiger charge is -2.21. The molecule has 0 aliphatic carbocycles. The third-order valence-electron chi connectivity index (χ3n) is 4.93. The number of halogens is 1. The summed E-state index contributed by atoms with van der Waals surface area (Å²) in [6.07, 6.45) is 1.66. The third-order valence-corrected chi connectivity index (χ3v) is 5.98. The predicted molar refractivity (Wildman–Crippen MR) is 139 cm³/mol. The van der Waals surface area contributed by atoms with Crippen molar-refractivity contribution in [3.05, 3.63) is 51.7 Å². The van der Waals surface area contributed by atoms with Gasteiger partial charge in [0.15, 0.2) is 11.8 Å². The second-order valence-electron chi connectivity index (χ2n) is 7.20. The summed E-state index contributed by atoms with van der Waals surface area (Å²) in [4.78, 5) is 15.5. The molecule has 0 bridgehead atoms. The standard InChI is InChI=1S/C22H30N6O2S.HI/c1-6-19-26-20(30-27-19)17-9-7-16(8-10-17)11-12-24-22(23-3)28(4)13-18-14-31-21(25-18)15(2)29-5;/h7-10,14-15H,6,11-13H2,1-5H3,(H,23,24);1H. The number of ether oxygens (including phenoxy) is 1. The Morgan fingerprint density at radius 1 is 1.28 bits per heavy atom. The van der Waals surface area contributed by atoms with E-state index in [4.69, 9.17) is 9.26 Å². The van der Waals surface area contributed by atoms with E-state index in [0.29, 0.717) is 12.4 Å². The second-order valence-corrected chi connectivity index (χ2v) is 8.09. The second kappa shape index (κ2) is 12.9. The highest BCUT2D eigenvalue weighted by Gasteiger charge is 2.13. The van der Waals surface area contributed by atoms with Crippen molar-refractivity contribution >= 4 is 41.3 Å². The maximum atomic E-state index is 5.34. The number of guanidine groups is 1. The number of nitrogens with zero attached hydrogens (tertiary/aromatic N) is 5. The average molecular weight is 571 g/mol. The SMILES string of the molecule is CCc1noc(-c2ccc(CCNC(=NC)N(C)Cc3csc(C(C)OC)n3)cc2)n1.I. The van der Waals surface area contributed by atoms with Crippen molar-refractivity contribution in [2.75, 3.05) is 27.7 Å². The minimum Gasteiger partial charge on any atom is -0.375 e. The fraction of sp³-hybridized carbons (Fsp3) is 0.455. The molecule has 0 saturated carbocycles. The van der Waals surface area contributed by atoms with E-state index in [1.165, 1.54) is 5.56 Å². The van der Waals surface area contributed by atoms with Crippen LogP contribution in [0.15, 0.2) is 39.2 Å². The smallest absolute Gasteiger partial charge is 0.257 e. The molecule has 0 saturated heterocycles. The Labute approximate surface area is 210 Å². The Kier molecular flexibility index (Phi) is 10.5. The molecule has 174 valence electrons. The van der Waals surface area contributed by atoms with Gasteiger partial charge in [-0.2, -0.15) is 4.98 Å².